The van der Waals surface area contributed by atoms with Crippen molar-refractivity contribution in [2.45, 2.75) is 12.5 Å². The average molecular weight is 342 g/mol. The van der Waals surface area contributed by atoms with Gasteiger partial charge in [0.25, 0.3) is 0 Å². The van der Waals surface area contributed by atoms with Crippen molar-refractivity contribution in [3.05, 3.63) is 57.8 Å². The van der Waals surface area contributed by atoms with Crippen molar-refractivity contribution in [3.8, 4) is 5.75 Å². The Morgan fingerprint density at radius 3 is 3.04 bits per heavy atom. The molecule has 1 N–H and O–H groups in total. The molecule has 1 aliphatic heterocycles. The summed E-state index contributed by atoms with van der Waals surface area (Å²) in [7, 11) is 4.06. The predicted molar refractivity (Wildman–Crippen MR) is 98.4 cm³/mol. The zero-order valence-corrected chi connectivity index (χ0v) is 14.8. The molecule has 0 spiro atoms. The molecule has 1 aromatic carbocycles. The minimum absolute atomic E-state index is 0.0717. The summed E-state index contributed by atoms with van der Waals surface area (Å²) in [5.41, 5.74) is 3.51. The molecule has 1 aromatic heterocycles. The van der Waals surface area contributed by atoms with E-state index in [9.17, 15) is 4.79 Å². The molecule has 0 saturated heterocycles. The third-order valence-corrected chi connectivity index (χ3v) is 4.86. The normalized spacial score (nSPS) is 14.6. The lowest BCUT2D eigenvalue weighted by Crippen LogP contribution is -2.33. The van der Waals surface area contributed by atoms with Crippen molar-refractivity contribution < 1.29 is 9.53 Å². The first-order chi connectivity index (χ1) is 11.6. The van der Waals surface area contributed by atoms with Crippen LogP contribution in [0.1, 0.15) is 22.7 Å². The molecule has 4 nitrogen and oxygen atoms in total. The number of likely N-dealkylation sites (N-methyl/N-ethyl adjacent to an activating group) is 1. The first kappa shape index (κ1) is 16.7. The summed E-state index contributed by atoms with van der Waals surface area (Å²) in [6.07, 6.45) is 4.38. The van der Waals surface area contributed by atoms with E-state index in [1.54, 1.807) is 17.4 Å². The van der Waals surface area contributed by atoms with Gasteiger partial charge in [0.1, 0.15) is 5.75 Å². The smallest absolute Gasteiger partial charge is 0.244 e. The Morgan fingerprint density at radius 2 is 2.29 bits per heavy atom. The number of hydrogen-bond donors (Lipinski definition) is 1. The highest BCUT2D eigenvalue weighted by molar-refractivity contribution is 7.08. The van der Waals surface area contributed by atoms with Gasteiger partial charge in [-0.25, -0.2) is 0 Å². The Kier molecular flexibility index (Phi) is 5.33. The molecule has 1 unspecified atom stereocenters. The van der Waals surface area contributed by atoms with E-state index in [4.69, 9.17) is 4.74 Å². The van der Waals surface area contributed by atoms with Gasteiger partial charge >= 0.3 is 0 Å². The molecule has 0 fully saturated rings. The number of thiophene rings is 1. The largest absolute Gasteiger partial charge is 0.493 e. The molecule has 1 amide bonds. The predicted octanol–water partition coefficient (Wildman–Crippen LogP) is 3.12. The lowest BCUT2D eigenvalue weighted by Gasteiger charge is -2.25. The molecule has 126 valence electrons. The van der Waals surface area contributed by atoms with Gasteiger partial charge < -0.3 is 15.0 Å². The lowest BCUT2D eigenvalue weighted by atomic mass is 10.0. The molecule has 2 aromatic rings. The van der Waals surface area contributed by atoms with Crippen LogP contribution < -0.4 is 10.1 Å². The highest BCUT2D eigenvalue weighted by Gasteiger charge is 2.19. The van der Waals surface area contributed by atoms with Crippen LogP contribution in [-0.2, 0) is 11.2 Å². The van der Waals surface area contributed by atoms with E-state index >= 15 is 0 Å². The SMILES string of the molecule is CN(C)C(CNC(=O)/C=C/c1ccsc1)c1ccc2c(c1)CCO2. The van der Waals surface area contributed by atoms with E-state index in [-0.39, 0.29) is 11.9 Å². The first-order valence-electron chi connectivity index (χ1n) is 8.03. The molecule has 3 rings (SSSR count). The van der Waals surface area contributed by atoms with Crippen molar-refractivity contribution in [1.82, 2.24) is 10.2 Å². The van der Waals surface area contributed by atoms with Gasteiger partial charge in [-0.1, -0.05) is 12.1 Å². The van der Waals surface area contributed by atoms with E-state index in [1.165, 1.54) is 11.1 Å². The summed E-state index contributed by atoms with van der Waals surface area (Å²) >= 11 is 1.62. The topological polar surface area (TPSA) is 41.6 Å². The van der Waals surface area contributed by atoms with Crippen molar-refractivity contribution in [2.24, 2.45) is 0 Å². The van der Waals surface area contributed by atoms with Crippen LogP contribution in [0.15, 0.2) is 41.1 Å². The van der Waals surface area contributed by atoms with Gasteiger partial charge in [0.15, 0.2) is 0 Å². The maximum absolute atomic E-state index is 12.1. The van der Waals surface area contributed by atoms with E-state index < -0.39 is 0 Å². The van der Waals surface area contributed by atoms with Crippen LogP contribution >= 0.6 is 11.3 Å². The number of nitrogens with one attached hydrogen (secondary N) is 1. The molecular weight excluding hydrogens is 320 g/mol. The van der Waals surface area contributed by atoms with Crippen LogP contribution in [0.3, 0.4) is 0 Å². The molecule has 0 aliphatic carbocycles. The lowest BCUT2D eigenvalue weighted by molar-refractivity contribution is -0.116. The number of nitrogens with zero attached hydrogens (tertiary/aromatic N) is 1. The fourth-order valence-corrected chi connectivity index (χ4v) is 3.44. The molecule has 0 radical (unpaired) electrons. The number of amides is 1. The molecule has 0 saturated carbocycles. The van der Waals surface area contributed by atoms with Gasteiger partial charge in [0.2, 0.25) is 5.91 Å². The average Bonchev–Trinajstić information content (AvgIpc) is 3.23. The number of carbonyl (C=O) groups is 1. The Morgan fingerprint density at radius 1 is 1.42 bits per heavy atom. The molecule has 0 bridgehead atoms. The van der Waals surface area contributed by atoms with Crippen molar-refractivity contribution in [1.29, 1.82) is 0 Å². The maximum Gasteiger partial charge on any atom is 0.244 e. The monoisotopic (exact) mass is 342 g/mol. The Hall–Kier alpha value is -2.11. The number of ether oxygens (including phenoxy) is 1. The number of carbonyl (C=O) groups excluding carboxylic acids is 1. The molecule has 24 heavy (non-hydrogen) atoms. The van der Waals surface area contributed by atoms with Gasteiger partial charge in [0.05, 0.1) is 12.6 Å². The summed E-state index contributed by atoms with van der Waals surface area (Å²) in [6, 6.07) is 8.44. The fraction of sp³-hybridized carbons (Fsp3) is 0.316. The Labute approximate surface area is 146 Å². The summed E-state index contributed by atoms with van der Waals surface area (Å²) < 4.78 is 5.57. The zero-order chi connectivity index (χ0) is 16.9. The summed E-state index contributed by atoms with van der Waals surface area (Å²) in [6.45, 7) is 1.33. The van der Waals surface area contributed by atoms with Gasteiger partial charge in [-0.15, -0.1) is 0 Å². The molecule has 1 atom stereocenters. The van der Waals surface area contributed by atoms with Gasteiger partial charge in [-0.2, -0.15) is 11.3 Å². The van der Waals surface area contributed by atoms with Crippen molar-refractivity contribution >= 4 is 23.3 Å². The third-order valence-electron chi connectivity index (χ3n) is 4.16. The first-order valence-corrected chi connectivity index (χ1v) is 8.98. The molecule has 2 heterocycles. The van der Waals surface area contributed by atoms with E-state index in [0.29, 0.717) is 6.54 Å². The minimum Gasteiger partial charge on any atom is -0.493 e. The number of benzene rings is 1. The van der Waals surface area contributed by atoms with E-state index in [0.717, 1.165) is 24.3 Å². The Balaban J connectivity index is 1.63. The van der Waals surface area contributed by atoms with Gasteiger partial charge in [-0.05, 0) is 59.8 Å². The quantitative estimate of drug-likeness (QED) is 0.820. The minimum atomic E-state index is -0.0717. The maximum atomic E-state index is 12.1. The highest BCUT2D eigenvalue weighted by Crippen LogP contribution is 2.29. The molecule has 1 aliphatic rings. The van der Waals surface area contributed by atoms with E-state index in [2.05, 4.69) is 22.3 Å². The van der Waals surface area contributed by atoms with Crippen LogP contribution in [0.25, 0.3) is 6.08 Å². The van der Waals surface area contributed by atoms with Gasteiger partial charge in [0, 0.05) is 19.0 Å². The number of rotatable bonds is 6. The second-order valence-electron chi connectivity index (χ2n) is 6.08. The van der Waals surface area contributed by atoms with Crippen LogP contribution in [0.5, 0.6) is 5.75 Å². The highest BCUT2D eigenvalue weighted by atomic mass is 32.1. The van der Waals surface area contributed by atoms with Crippen LogP contribution in [0, 0.1) is 0 Å². The number of fused-ring (bicyclic) bond motifs is 1. The second kappa shape index (κ2) is 7.64. The second-order valence-corrected chi connectivity index (χ2v) is 6.86. The summed E-state index contributed by atoms with van der Waals surface area (Å²) in [5, 5.41) is 7.01. The van der Waals surface area contributed by atoms with Crippen molar-refractivity contribution in [3.63, 3.8) is 0 Å². The molecule has 5 heteroatoms. The Bertz CT molecular complexity index is 723. The van der Waals surface area contributed by atoms with Crippen molar-refractivity contribution in [2.75, 3.05) is 27.2 Å². The zero-order valence-electron chi connectivity index (χ0n) is 14.0. The van der Waals surface area contributed by atoms with Crippen LogP contribution in [0.2, 0.25) is 0 Å². The number of hydrogen-bond acceptors (Lipinski definition) is 4. The van der Waals surface area contributed by atoms with Crippen LogP contribution in [-0.4, -0.2) is 38.1 Å². The van der Waals surface area contributed by atoms with Crippen LogP contribution in [0.4, 0.5) is 0 Å². The standard InChI is InChI=1S/C19H22N2O2S/c1-21(2)17(15-4-5-18-16(11-15)7-9-23-18)12-20-19(22)6-3-14-8-10-24-13-14/h3-6,8,10-11,13,17H,7,9,12H2,1-2H3,(H,20,22)/b6-3+. The third kappa shape index (κ3) is 4.04. The summed E-state index contributed by atoms with van der Waals surface area (Å²) in [4.78, 5) is 14.2. The van der Waals surface area contributed by atoms with Gasteiger partial charge in [-0.3, -0.25) is 4.79 Å². The van der Waals surface area contributed by atoms with E-state index in [1.807, 2.05) is 43.1 Å². The fourth-order valence-electron chi connectivity index (χ4n) is 2.81. The summed E-state index contributed by atoms with van der Waals surface area (Å²) in [5.74, 6) is 0.913. The molecular formula is C19H22N2O2S.